The van der Waals surface area contributed by atoms with Gasteiger partial charge in [-0.2, -0.15) is 0 Å². The van der Waals surface area contributed by atoms with Crippen LogP contribution in [-0.2, 0) is 0 Å². The van der Waals surface area contributed by atoms with Crippen molar-refractivity contribution in [2.75, 3.05) is 31.1 Å². The zero-order valence-electron chi connectivity index (χ0n) is 10.7. The summed E-state index contributed by atoms with van der Waals surface area (Å²) in [5, 5.41) is 3.45. The van der Waals surface area contributed by atoms with Crippen LogP contribution in [0.25, 0.3) is 0 Å². The third-order valence-electron chi connectivity index (χ3n) is 3.36. The van der Waals surface area contributed by atoms with Gasteiger partial charge in [0.2, 0.25) is 0 Å². The number of hydrogen-bond donors (Lipinski definition) is 1. The van der Waals surface area contributed by atoms with E-state index in [4.69, 9.17) is 0 Å². The van der Waals surface area contributed by atoms with Gasteiger partial charge in [-0.05, 0) is 56.1 Å². The van der Waals surface area contributed by atoms with Gasteiger partial charge in [0.05, 0.1) is 0 Å². The maximum atomic E-state index is 3.58. The number of aryl methyl sites for hydroxylation is 1. The minimum Gasteiger partial charge on any atom is -0.371 e. The highest BCUT2D eigenvalue weighted by Gasteiger charge is 2.22. The van der Waals surface area contributed by atoms with Crippen molar-refractivity contribution in [3.05, 3.63) is 28.2 Å². The fourth-order valence-electron chi connectivity index (χ4n) is 2.48. The van der Waals surface area contributed by atoms with E-state index in [2.05, 4.69) is 58.2 Å². The van der Waals surface area contributed by atoms with Crippen LogP contribution >= 0.6 is 15.9 Å². The second-order valence-electron chi connectivity index (χ2n) is 4.90. The normalized spacial score (nSPS) is 19.9. The number of rotatable bonds is 4. The monoisotopic (exact) mass is 296 g/mol. The van der Waals surface area contributed by atoms with Crippen LogP contribution in [-0.4, -0.2) is 26.2 Å². The van der Waals surface area contributed by atoms with Crippen LogP contribution in [0.3, 0.4) is 0 Å². The molecule has 1 atom stereocenters. The standard InChI is InChI=1S/C14H21BrN2/c1-3-16-9-12-4-5-17(10-12)14-7-11(2)6-13(15)8-14/h6-8,12,16H,3-5,9-10H2,1-2H3. The summed E-state index contributed by atoms with van der Waals surface area (Å²) >= 11 is 3.58. The molecule has 0 aromatic heterocycles. The lowest BCUT2D eigenvalue weighted by Gasteiger charge is -2.19. The molecule has 94 valence electrons. The Kier molecular flexibility index (Phi) is 4.46. The number of benzene rings is 1. The zero-order valence-corrected chi connectivity index (χ0v) is 12.3. The van der Waals surface area contributed by atoms with Crippen LogP contribution in [0.5, 0.6) is 0 Å². The molecule has 1 heterocycles. The van der Waals surface area contributed by atoms with E-state index in [1.807, 2.05) is 0 Å². The lowest BCUT2D eigenvalue weighted by atomic mass is 10.1. The lowest BCUT2D eigenvalue weighted by Crippen LogP contribution is -2.26. The quantitative estimate of drug-likeness (QED) is 0.918. The molecular weight excluding hydrogens is 276 g/mol. The molecule has 1 aromatic rings. The Bertz CT molecular complexity index is 358. The van der Waals surface area contributed by atoms with E-state index in [9.17, 15) is 0 Å². The van der Waals surface area contributed by atoms with Crippen molar-refractivity contribution in [2.45, 2.75) is 20.3 Å². The van der Waals surface area contributed by atoms with Gasteiger partial charge >= 0.3 is 0 Å². The van der Waals surface area contributed by atoms with E-state index in [-0.39, 0.29) is 0 Å². The molecule has 0 spiro atoms. The Morgan fingerprint density at radius 2 is 2.24 bits per heavy atom. The van der Waals surface area contributed by atoms with Gasteiger partial charge in [-0.3, -0.25) is 0 Å². The zero-order chi connectivity index (χ0) is 12.3. The molecule has 1 unspecified atom stereocenters. The number of anilines is 1. The largest absolute Gasteiger partial charge is 0.371 e. The fraction of sp³-hybridized carbons (Fsp3) is 0.571. The Morgan fingerprint density at radius 3 is 2.94 bits per heavy atom. The van der Waals surface area contributed by atoms with Crippen molar-refractivity contribution in [3.8, 4) is 0 Å². The lowest BCUT2D eigenvalue weighted by molar-refractivity contribution is 0.528. The first-order chi connectivity index (χ1) is 8.19. The molecule has 2 rings (SSSR count). The number of nitrogens with zero attached hydrogens (tertiary/aromatic N) is 1. The summed E-state index contributed by atoms with van der Waals surface area (Å²) in [5.74, 6) is 0.800. The minimum atomic E-state index is 0.800. The first kappa shape index (κ1) is 12.9. The predicted molar refractivity (Wildman–Crippen MR) is 77.7 cm³/mol. The highest BCUT2D eigenvalue weighted by molar-refractivity contribution is 9.10. The SMILES string of the molecule is CCNCC1CCN(c2cc(C)cc(Br)c2)C1. The van der Waals surface area contributed by atoms with Crippen LogP contribution < -0.4 is 10.2 Å². The molecule has 0 aliphatic carbocycles. The van der Waals surface area contributed by atoms with Crippen molar-refractivity contribution >= 4 is 21.6 Å². The molecule has 0 bridgehead atoms. The first-order valence-corrected chi connectivity index (χ1v) is 7.21. The van der Waals surface area contributed by atoms with Crippen molar-refractivity contribution in [1.29, 1.82) is 0 Å². The van der Waals surface area contributed by atoms with Gasteiger partial charge in [-0.25, -0.2) is 0 Å². The molecule has 3 heteroatoms. The topological polar surface area (TPSA) is 15.3 Å². The Balaban J connectivity index is 1.99. The number of halogens is 1. The summed E-state index contributed by atoms with van der Waals surface area (Å²) in [6.07, 6.45) is 1.30. The second-order valence-corrected chi connectivity index (χ2v) is 5.81. The molecule has 17 heavy (non-hydrogen) atoms. The van der Waals surface area contributed by atoms with Crippen molar-refractivity contribution in [2.24, 2.45) is 5.92 Å². The number of hydrogen-bond acceptors (Lipinski definition) is 2. The van der Waals surface area contributed by atoms with Crippen LogP contribution in [0.15, 0.2) is 22.7 Å². The summed E-state index contributed by atoms with van der Waals surface area (Å²) in [4.78, 5) is 2.50. The molecule has 1 aliphatic heterocycles. The molecule has 1 fully saturated rings. The van der Waals surface area contributed by atoms with Crippen molar-refractivity contribution < 1.29 is 0 Å². The number of nitrogens with one attached hydrogen (secondary N) is 1. The van der Waals surface area contributed by atoms with Crippen LogP contribution in [0.4, 0.5) is 5.69 Å². The van der Waals surface area contributed by atoms with E-state index in [0.29, 0.717) is 0 Å². The van der Waals surface area contributed by atoms with E-state index >= 15 is 0 Å². The summed E-state index contributed by atoms with van der Waals surface area (Å²) < 4.78 is 1.18. The Morgan fingerprint density at radius 1 is 1.41 bits per heavy atom. The summed E-state index contributed by atoms with van der Waals surface area (Å²) in [5.41, 5.74) is 2.68. The molecule has 1 N–H and O–H groups in total. The smallest absolute Gasteiger partial charge is 0.0380 e. The first-order valence-electron chi connectivity index (χ1n) is 6.42. The molecule has 0 saturated carbocycles. The van der Waals surface area contributed by atoms with E-state index in [1.54, 1.807) is 0 Å². The van der Waals surface area contributed by atoms with Crippen LogP contribution in [0.1, 0.15) is 18.9 Å². The minimum absolute atomic E-state index is 0.800. The molecule has 1 aliphatic rings. The third kappa shape index (κ3) is 3.46. The maximum absolute atomic E-state index is 3.58. The van der Waals surface area contributed by atoms with Gasteiger partial charge in [0.1, 0.15) is 0 Å². The summed E-state index contributed by atoms with van der Waals surface area (Å²) in [6, 6.07) is 6.67. The average Bonchev–Trinajstić information content (AvgIpc) is 2.73. The summed E-state index contributed by atoms with van der Waals surface area (Å²) in [6.45, 7) is 8.92. The molecular formula is C14H21BrN2. The van der Waals surface area contributed by atoms with Crippen molar-refractivity contribution in [3.63, 3.8) is 0 Å². The fourth-order valence-corrected chi connectivity index (χ4v) is 3.08. The predicted octanol–water partition coefficient (Wildman–Crippen LogP) is 3.19. The van der Waals surface area contributed by atoms with Crippen LogP contribution in [0.2, 0.25) is 0 Å². The highest BCUT2D eigenvalue weighted by atomic mass is 79.9. The van der Waals surface area contributed by atoms with Gasteiger partial charge in [0.25, 0.3) is 0 Å². The molecule has 1 saturated heterocycles. The molecule has 2 nitrogen and oxygen atoms in total. The van der Waals surface area contributed by atoms with Gasteiger partial charge in [0.15, 0.2) is 0 Å². The molecule has 0 radical (unpaired) electrons. The van der Waals surface area contributed by atoms with E-state index < -0.39 is 0 Å². The van der Waals surface area contributed by atoms with Crippen LogP contribution in [0, 0.1) is 12.8 Å². The van der Waals surface area contributed by atoms with Gasteiger partial charge < -0.3 is 10.2 Å². The molecule has 1 aromatic carbocycles. The van der Waals surface area contributed by atoms with E-state index in [1.165, 1.54) is 35.2 Å². The summed E-state index contributed by atoms with van der Waals surface area (Å²) in [7, 11) is 0. The highest BCUT2D eigenvalue weighted by Crippen LogP contribution is 2.27. The Labute approximate surface area is 113 Å². The third-order valence-corrected chi connectivity index (χ3v) is 3.82. The van der Waals surface area contributed by atoms with Gasteiger partial charge in [-0.15, -0.1) is 0 Å². The Hall–Kier alpha value is -0.540. The van der Waals surface area contributed by atoms with Gasteiger partial charge in [0, 0.05) is 23.2 Å². The van der Waals surface area contributed by atoms with Gasteiger partial charge in [-0.1, -0.05) is 22.9 Å². The molecule has 0 amide bonds. The van der Waals surface area contributed by atoms with E-state index in [0.717, 1.165) is 19.0 Å². The maximum Gasteiger partial charge on any atom is 0.0380 e. The van der Waals surface area contributed by atoms with Crippen molar-refractivity contribution in [1.82, 2.24) is 5.32 Å². The second kappa shape index (κ2) is 5.87. The average molecular weight is 297 g/mol.